The molecule has 4 N–H and O–H groups in total. The first-order valence-corrected chi connectivity index (χ1v) is 9.68. The van der Waals surface area contributed by atoms with Gasteiger partial charge >= 0.3 is 5.97 Å². The number of unbranched alkanes of at least 4 members (excludes halogenated alkanes) is 3. The van der Waals surface area contributed by atoms with E-state index in [-0.39, 0.29) is 6.42 Å². The molecule has 0 aromatic rings. The van der Waals surface area contributed by atoms with Crippen LogP contribution in [0.15, 0.2) is 24.3 Å². The minimum Gasteiger partial charge on any atom is -0.481 e. The summed E-state index contributed by atoms with van der Waals surface area (Å²) in [5.74, 6) is -0.882. The maximum atomic E-state index is 10.5. The summed E-state index contributed by atoms with van der Waals surface area (Å²) >= 11 is 0. The Morgan fingerprint density at radius 2 is 2.00 bits per heavy atom. The van der Waals surface area contributed by atoms with Gasteiger partial charge in [-0.1, -0.05) is 44.1 Å². The summed E-state index contributed by atoms with van der Waals surface area (Å²) in [4.78, 5) is 10.5. The summed E-state index contributed by atoms with van der Waals surface area (Å²) in [6.45, 7) is 2.16. The SMILES string of the molecule is CCCCC/C=C\C[C@H](O)[C@@H]1C[C@@H](O)[C@H](/C=C/[C@H](O)CCCC(=O)O)O1. The molecule has 1 heterocycles. The minimum absolute atomic E-state index is 0.0215. The van der Waals surface area contributed by atoms with Crippen LogP contribution < -0.4 is 0 Å². The average Bonchev–Trinajstić information content (AvgIpc) is 2.96. The van der Waals surface area contributed by atoms with Gasteiger partial charge in [0.1, 0.15) is 6.10 Å². The van der Waals surface area contributed by atoms with Crippen molar-refractivity contribution in [2.75, 3.05) is 0 Å². The number of ether oxygens (including phenoxy) is 1. The predicted molar refractivity (Wildman–Crippen MR) is 99.8 cm³/mol. The van der Waals surface area contributed by atoms with Gasteiger partial charge in [0.15, 0.2) is 0 Å². The summed E-state index contributed by atoms with van der Waals surface area (Å²) in [5, 5.41) is 38.7. The lowest BCUT2D eigenvalue weighted by Gasteiger charge is -2.16. The van der Waals surface area contributed by atoms with Gasteiger partial charge in [0, 0.05) is 12.8 Å². The van der Waals surface area contributed by atoms with E-state index in [0.29, 0.717) is 25.7 Å². The Hall–Kier alpha value is -1.21. The van der Waals surface area contributed by atoms with Crippen molar-refractivity contribution in [2.24, 2.45) is 0 Å². The lowest BCUT2D eigenvalue weighted by atomic mass is 10.0. The van der Waals surface area contributed by atoms with E-state index in [9.17, 15) is 20.1 Å². The van der Waals surface area contributed by atoms with E-state index < -0.39 is 36.5 Å². The van der Waals surface area contributed by atoms with Gasteiger partial charge in [-0.25, -0.2) is 0 Å². The van der Waals surface area contributed by atoms with Gasteiger partial charge in [-0.3, -0.25) is 4.79 Å². The number of carbonyl (C=O) groups is 1. The molecule has 0 radical (unpaired) electrons. The Kier molecular flexibility index (Phi) is 11.4. The van der Waals surface area contributed by atoms with Crippen molar-refractivity contribution in [3.05, 3.63) is 24.3 Å². The van der Waals surface area contributed by atoms with Crippen LogP contribution in [0.2, 0.25) is 0 Å². The Labute approximate surface area is 156 Å². The van der Waals surface area contributed by atoms with Crippen LogP contribution in [0.3, 0.4) is 0 Å². The topological polar surface area (TPSA) is 107 Å². The van der Waals surface area contributed by atoms with Crippen LogP contribution >= 0.6 is 0 Å². The van der Waals surface area contributed by atoms with E-state index in [1.807, 2.05) is 6.08 Å². The van der Waals surface area contributed by atoms with E-state index in [0.717, 1.165) is 12.8 Å². The van der Waals surface area contributed by atoms with Gasteiger partial charge in [-0.15, -0.1) is 0 Å². The Morgan fingerprint density at radius 1 is 1.23 bits per heavy atom. The smallest absolute Gasteiger partial charge is 0.303 e. The highest BCUT2D eigenvalue weighted by molar-refractivity contribution is 5.66. The number of aliphatic hydroxyl groups excluding tert-OH is 3. The Morgan fingerprint density at radius 3 is 2.69 bits per heavy atom. The molecule has 0 saturated carbocycles. The molecule has 6 nitrogen and oxygen atoms in total. The number of aliphatic carboxylic acids is 1. The Balaban J connectivity index is 2.32. The summed E-state index contributed by atoms with van der Waals surface area (Å²) < 4.78 is 5.70. The zero-order valence-electron chi connectivity index (χ0n) is 15.7. The van der Waals surface area contributed by atoms with Crippen LogP contribution in [0.25, 0.3) is 0 Å². The molecule has 0 aromatic carbocycles. The van der Waals surface area contributed by atoms with Crippen molar-refractivity contribution >= 4 is 5.97 Å². The second-order valence-electron chi connectivity index (χ2n) is 6.95. The minimum atomic E-state index is -0.882. The van der Waals surface area contributed by atoms with Crippen LogP contribution in [0.5, 0.6) is 0 Å². The van der Waals surface area contributed by atoms with Crippen LogP contribution in [0.1, 0.15) is 64.7 Å². The fourth-order valence-corrected chi connectivity index (χ4v) is 2.96. The average molecular weight is 370 g/mol. The highest BCUT2D eigenvalue weighted by Crippen LogP contribution is 2.25. The third kappa shape index (κ3) is 9.48. The Bertz CT molecular complexity index is 448. The van der Waals surface area contributed by atoms with E-state index in [1.165, 1.54) is 18.9 Å². The third-order valence-electron chi connectivity index (χ3n) is 4.55. The molecule has 0 amide bonds. The van der Waals surface area contributed by atoms with Gasteiger partial charge in [0.2, 0.25) is 0 Å². The molecular formula is C20H34O6. The quantitative estimate of drug-likeness (QED) is 0.293. The van der Waals surface area contributed by atoms with Crippen LogP contribution in [-0.4, -0.2) is 56.9 Å². The van der Waals surface area contributed by atoms with Gasteiger partial charge in [-0.05, 0) is 32.1 Å². The van der Waals surface area contributed by atoms with Crippen molar-refractivity contribution in [2.45, 2.75) is 95.2 Å². The molecular weight excluding hydrogens is 336 g/mol. The molecule has 6 heteroatoms. The molecule has 1 saturated heterocycles. The van der Waals surface area contributed by atoms with Gasteiger partial charge in [0.25, 0.3) is 0 Å². The predicted octanol–water partition coefficient (Wildman–Crippen LogP) is 2.56. The lowest BCUT2D eigenvalue weighted by Crippen LogP contribution is -2.25. The largest absolute Gasteiger partial charge is 0.481 e. The number of hydrogen-bond donors (Lipinski definition) is 4. The van der Waals surface area contributed by atoms with Crippen LogP contribution in [-0.2, 0) is 9.53 Å². The van der Waals surface area contributed by atoms with Crippen molar-refractivity contribution < 1.29 is 30.0 Å². The second-order valence-corrected chi connectivity index (χ2v) is 6.95. The standard InChI is InChI=1S/C20H34O6/c1-2-3-4-5-6-7-10-16(22)19-14-17(23)18(26-19)13-12-15(21)9-8-11-20(24)25/h6-7,12-13,15-19,21-23H,2-5,8-11,14H2,1H3,(H,24,25)/b7-6-,13-12+/t15-,16+,17-,18+,19+/m1/s1. The highest BCUT2D eigenvalue weighted by Gasteiger charge is 2.35. The van der Waals surface area contributed by atoms with Crippen molar-refractivity contribution in [1.29, 1.82) is 0 Å². The van der Waals surface area contributed by atoms with Crippen molar-refractivity contribution in [1.82, 2.24) is 0 Å². The zero-order valence-corrected chi connectivity index (χ0v) is 15.7. The van der Waals surface area contributed by atoms with Crippen molar-refractivity contribution in [3.63, 3.8) is 0 Å². The summed E-state index contributed by atoms with van der Waals surface area (Å²) in [7, 11) is 0. The fourth-order valence-electron chi connectivity index (χ4n) is 2.96. The molecule has 0 aliphatic carbocycles. The third-order valence-corrected chi connectivity index (χ3v) is 4.55. The summed E-state index contributed by atoms with van der Waals surface area (Å²) in [5.41, 5.74) is 0. The summed E-state index contributed by atoms with van der Waals surface area (Å²) in [6, 6.07) is 0. The molecule has 0 unspecified atom stereocenters. The monoisotopic (exact) mass is 370 g/mol. The second kappa shape index (κ2) is 13.0. The van der Waals surface area contributed by atoms with E-state index >= 15 is 0 Å². The number of carboxylic acid groups (broad SMARTS) is 1. The first-order chi connectivity index (χ1) is 12.4. The van der Waals surface area contributed by atoms with Crippen LogP contribution in [0.4, 0.5) is 0 Å². The van der Waals surface area contributed by atoms with E-state index in [2.05, 4.69) is 13.0 Å². The molecule has 1 fully saturated rings. The molecule has 1 rings (SSSR count). The molecule has 0 aromatic heterocycles. The molecule has 0 spiro atoms. The number of aliphatic hydroxyl groups is 3. The molecule has 26 heavy (non-hydrogen) atoms. The number of rotatable bonds is 13. The molecule has 1 aliphatic heterocycles. The lowest BCUT2D eigenvalue weighted by molar-refractivity contribution is -0.137. The maximum absolute atomic E-state index is 10.5. The molecule has 0 bridgehead atoms. The van der Waals surface area contributed by atoms with Crippen LogP contribution in [0, 0.1) is 0 Å². The number of allylic oxidation sites excluding steroid dienone is 1. The fraction of sp³-hybridized carbons (Fsp3) is 0.750. The highest BCUT2D eigenvalue weighted by atomic mass is 16.5. The molecule has 150 valence electrons. The molecule has 1 aliphatic rings. The zero-order chi connectivity index (χ0) is 19.4. The first-order valence-electron chi connectivity index (χ1n) is 9.68. The van der Waals surface area contributed by atoms with Gasteiger partial charge in [0.05, 0.1) is 24.4 Å². The van der Waals surface area contributed by atoms with Crippen molar-refractivity contribution in [3.8, 4) is 0 Å². The first kappa shape index (κ1) is 22.8. The normalized spacial score (nSPS) is 25.9. The van der Waals surface area contributed by atoms with E-state index in [4.69, 9.17) is 9.84 Å². The van der Waals surface area contributed by atoms with Gasteiger partial charge in [-0.2, -0.15) is 0 Å². The van der Waals surface area contributed by atoms with Gasteiger partial charge < -0.3 is 25.2 Å². The number of hydrogen-bond acceptors (Lipinski definition) is 5. The summed E-state index contributed by atoms with van der Waals surface area (Å²) in [6.07, 6.45) is 10.2. The molecule has 5 atom stereocenters. The van der Waals surface area contributed by atoms with E-state index in [1.54, 1.807) is 6.08 Å². The maximum Gasteiger partial charge on any atom is 0.303 e. The number of carboxylic acids is 1.